The molecule has 8 heteroatoms. The smallest absolute Gasteiger partial charge is 0.313 e. The molecule has 0 radical (unpaired) electrons. The number of piperidine rings is 2. The number of hydrogen-bond acceptors (Lipinski definition) is 5. The van der Waals surface area contributed by atoms with Gasteiger partial charge in [0.05, 0.1) is 5.41 Å². The number of benzene rings is 1. The van der Waals surface area contributed by atoms with Crippen LogP contribution in [0.25, 0.3) is 0 Å². The number of rotatable bonds is 6. The largest absolute Gasteiger partial charge is 0.347 e. The summed E-state index contributed by atoms with van der Waals surface area (Å²) >= 11 is 0. The first-order chi connectivity index (χ1) is 14.4. The van der Waals surface area contributed by atoms with Crippen molar-refractivity contribution < 1.29 is 19.2 Å². The molecule has 0 aliphatic carbocycles. The highest BCUT2D eigenvalue weighted by Crippen LogP contribution is 2.36. The quantitative estimate of drug-likeness (QED) is 0.481. The van der Waals surface area contributed by atoms with Crippen molar-refractivity contribution in [2.24, 2.45) is 0 Å². The molecule has 0 aromatic heterocycles. The highest BCUT2D eigenvalue weighted by Gasteiger charge is 2.42. The van der Waals surface area contributed by atoms with Crippen LogP contribution < -0.4 is 16.0 Å². The number of carbonyl (C=O) groups is 4. The molecule has 0 unspecified atom stereocenters. The average Bonchev–Trinajstić information content (AvgIpc) is 2.75. The van der Waals surface area contributed by atoms with Crippen molar-refractivity contribution in [1.29, 1.82) is 0 Å². The van der Waals surface area contributed by atoms with Gasteiger partial charge in [-0.15, -0.1) is 0 Å². The number of nitrogens with one attached hydrogen (secondary N) is 3. The third kappa shape index (κ3) is 5.05. The normalized spacial score (nSPS) is 22.3. The summed E-state index contributed by atoms with van der Waals surface area (Å²) in [6, 6.07) is 6.89. The number of nitrogens with zero attached hydrogens (tertiary/aromatic N) is 1. The minimum absolute atomic E-state index is 0.251. The lowest BCUT2D eigenvalue weighted by molar-refractivity contribution is -0.138. The zero-order valence-electron chi connectivity index (χ0n) is 17.5. The van der Waals surface area contributed by atoms with Crippen molar-refractivity contribution in [1.82, 2.24) is 15.5 Å². The fourth-order valence-corrected chi connectivity index (χ4v) is 4.22. The summed E-state index contributed by atoms with van der Waals surface area (Å²) in [6.45, 7) is 5.19. The third-order valence-corrected chi connectivity index (χ3v) is 6.13. The van der Waals surface area contributed by atoms with Gasteiger partial charge in [-0.2, -0.15) is 0 Å². The van der Waals surface area contributed by atoms with Crippen LogP contribution in [-0.2, 0) is 24.6 Å². The molecule has 2 heterocycles. The van der Waals surface area contributed by atoms with Gasteiger partial charge in [-0.1, -0.05) is 25.5 Å². The van der Waals surface area contributed by atoms with Gasteiger partial charge < -0.3 is 15.5 Å². The van der Waals surface area contributed by atoms with E-state index in [2.05, 4.69) is 20.9 Å². The fourth-order valence-electron chi connectivity index (χ4n) is 4.22. The van der Waals surface area contributed by atoms with Crippen LogP contribution in [0.3, 0.4) is 0 Å². The second kappa shape index (κ2) is 9.84. The standard InChI is InChI=1S/C22H30N4O4/c1-2-22(11-10-18(27)25-21(22)30)16-6-8-17(9-7-16)24-20(29)19(28)23-12-15-26-13-4-3-5-14-26/h6-9H,2-5,10-15H2,1H3,(H,23,28)(H,24,29)(H,25,27,30)/t22-/m1/s1. The van der Waals surface area contributed by atoms with Gasteiger partial charge in [-0.25, -0.2) is 0 Å². The Balaban J connectivity index is 1.53. The molecular formula is C22H30N4O4. The predicted octanol–water partition coefficient (Wildman–Crippen LogP) is 1.31. The number of carbonyl (C=O) groups excluding carboxylic acids is 4. The van der Waals surface area contributed by atoms with Gasteiger partial charge >= 0.3 is 11.8 Å². The highest BCUT2D eigenvalue weighted by molar-refractivity contribution is 6.39. The minimum atomic E-state index is -0.748. The molecule has 1 aromatic rings. The van der Waals surface area contributed by atoms with E-state index in [1.807, 2.05) is 6.92 Å². The Kier molecular flexibility index (Phi) is 7.20. The van der Waals surface area contributed by atoms with Gasteiger partial charge in [0, 0.05) is 25.2 Å². The molecule has 2 aliphatic heterocycles. The van der Waals surface area contributed by atoms with Gasteiger partial charge in [0.15, 0.2) is 0 Å². The van der Waals surface area contributed by atoms with E-state index in [1.54, 1.807) is 24.3 Å². The van der Waals surface area contributed by atoms with Crippen LogP contribution in [0.2, 0.25) is 0 Å². The SMILES string of the molecule is CC[C@]1(c2ccc(NC(=O)C(=O)NCCN3CCCCC3)cc2)CCC(=O)NC1=O. The van der Waals surface area contributed by atoms with E-state index < -0.39 is 17.2 Å². The van der Waals surface area contributed by atoms with Crippen LogP contribution in [-0.4, -0.2) is 54.7 Å². The second-order valence-electron chi connectivity index (χ2n) is 8.00. The van der Waals surface area contributed by atoms with Gasteiger partial charge in [0.2, 0.25) is 11.8 Å². The summed E-state index contributed by atoms with van der Waals surface area (Å²) in [7, 11) is 0. The molecular weight excluding hydrogens is 384 g/mol. The maximum atomic E-state index is 12.5. The van der Waals surface area contributed by atoms with Crippen molar-refractivity contribution in [3.63, 3.8) is 0 Å². The molecule has 4 amide bonds. The molecule has 3 N–H and O–H groups in total. The Morgan fingerprint density at radius 1 is 1.07 bits per heavy atom. The number of likely N-dealkylation sites (tertiary alicyclic amines) is 1. The molecule has 2 saturated heterocycles. The molecule has 1 aromatic carbocycles. The number of amides is 4. The van der Waals surface area contributed by atoms with Gasteiger partial charge in [-0.05, 0) is 56.5 Å². The van der Waals surface area contributed by atoms with Crippen LogP contribution in [0.5, 0.6) is 0 Å². The molecule has 3 rings (SSSR count). The lowest BCUT2D eigenvalue weighted by Crippen LogP contribution is -2.51. The summed E-state index contributed by atoms with van der Waals surface area (Å²) < 4.78 is 0. The maximum absolute atomic E-state index is 12.5. The monoisotopic (exact) mass is 414 g/mol. The van der Waals surface area contributed by atoms with E-state index >= 15 is 0 Å². The highest BCUT2D eigenvalue weighted by atomic mass is 16.2. The topological polar surface area (TPSA) is 108 Å². The summed E-state index contributed by atoms with van der Waals surface area (Å²) in [5, 5.41) is 7.67. The van der Waals surface area contributed by atoms with E-state index in [4.69, 9.17) is 0 Å². The van der Waals surface area contributed by atoms with Crippen LogP contribution >= 0.6 is 0 Å². The van der Waals surface area contributed by atoms with Crippen molar-refractivity contribution in [3.05, 3.63) is 29.8 Å². The van der Waals surface area contributed by atoms with E-state index in [9.17, 15) is 19.2 Å². The molecule has 8 nitrogen and oxygen atoms in total. The summed E-state index contributed by atoms with van der Waals surface area (Å²) in [5.74, 6) is -1.91. The molecule has 0 spiro atoms. The van der Waals surface area contributed by atoms with E-state index in [1.165, 1.54) is 19.3 Å². The molecule has 2 fully saturated rings. The number of hydrogen-bond donors (Lipinski definition) is 3. The average molecular weight is 415 g/mol. The molecule has 162 valence electrons. The van der Waals surface area contributed by atoms with Crippen molar-refractivity contribution >= 4 is 29.3 Å². The third-order valence-electron chi connectivity index (χ3n) is 6.13. The van der Waals surface area contributed by atoms with Crippen LogP contribution in [0.1, 0.15) is 51.0 Å². The van der Waals surface area contributed by atoms with E-state index in [0.717, 1.165) is 25.2 Å². The van der Waals surface area contributed by atoms with E-state index in [0.29, 0.717) is 31.5 Å². The maximum Gasteiger partial charge on any atom is 0.313 e. The summed E-state index contributed by atoms with van der Waals surface area (Å²) in [5.41, 5.74) is 0.523. The first kappa shape index (κ1) is 22.0. The first-order valence-corrected chi connectivity index (χ1v) is 10.7. The molecule has 1 atom stereocenters. The van der Waals surface area contributed by atoms with Crippen molar-refractivity contribution in [2.75, 3.05) is 31.5 Å². The number of imide groups is 1. The summed E-state index contributed by atoms with van der Waals surface area (Å²) in [4.78, 5) is 50.4. The van der Waals surface area contributed by atoms with Gasteiger partial charge in [-0.3, -0.25) is 24.5 Å². The Hall–Kier alpha value is -2.74. The zero-order valence-corrected chi connectivity index (χ0v) is 17.5. The Bertz CT molecular complexity index is 802. The van der Waals surface area contributed by atoms with Crippen molar-refractivity contribution in [3.8, 4) is 0 Å². The van der Waals surface area contributed by atoms with Crippen molar-refractivity contribution in [2.45, 2.75) is 50.9 Å². The molecule has 2 aliphatic rings. The minimum Gasteiger partial charge on any atom is -0.347 e. The Labute approximate surface area is 176 Å². The zero-order chi connectivity index (χ0) is 21.6. The lowest BCUT2D eigenvalue weighted by atomic mass is 9.72. The fraction of sp³-hybridized carbons (Fsp3) is 0.545. The van der Waals surface area contributed by atoms with Crippen LogP contribution in [0.4, 0.5) is 5.69 Å². The number of anilines is 1. The predicted molar refractivity (Wildman–Crippen MR) is 113 cm³/mol. The molecule has 0 saturated carbocycles. The Morgan fingerprint density at radius 3 is 2.40 bits per heavy atom. The second-order valence-corrected chi connectivity index (χ2v) is 8.00. The molecule has 0 bridgehead atoms. The van der Waals surface area contributed by atoms with Crippen LogP contribution in [0.15, 0.2) is 24.3 Å². The summed E-state index contributed by atoms with van der Waals surface area (Å²) in [6.07, 6.45) is 4.95. The van der Waals surface area contributed by atoms with Crippen LogP contribution in [0, 0.1) is 0 Å². The van der Waals surface area contributed by atoms with Gasteiger partial charge in [0.1, 0.15) is 0 Å². The van der Waals surface area contributed by atoms with Gasteiger partial charge in [0.25, 0.3) is 0 Å². The van der Waals surface area contributed by atoms with E-state index in [-0.39, 0.29) is 11.8 Å². The molecule has 30 heavy (non-hydrogen) atoms. The first-order valence-electron chi connectivity index (χ1n) is 10.7. The lowest BCUT2D eigenvalue weighted by Gasteiger charge is -2.35. The Morgan fingerprint density at radius 2 is 1.77 bits per heavy atom.